The highest BCUT2D eigenvalue weighted by Crippen LogP contribution is 2.67. The van der Waals surface area contributed by atoms with Gasteiger partial charge in [-0.1, -0.05) is 18.2 Å². The van der Waals surface area contributed by atoms with Crippen LogP contribution in [0.25, 0.3) is 11.8 Å². The summed E-state index contributed by atoms with van der Waals surface area (Å²) in [6, 6.07) is 16.4. The highest BCUT2D eigenvalue weighted by molar-refractivity contribution is 5.67. The van der Waals surface area contributed by atoms with Crippen molar-refractivity contribution in [3.63, 3.8) is 0 Å². The number of epoxide rings is 1. The molecule has 1 unspecified atom stereocenters. The lowest BCUT2D eigenvalue weighted by Gasteiger charge is -2.21. The third-order valence-corrected chi connectivity index (χ3v) is 7.04. The van der Waals surface area contributed by atoms with Crippen molar-refractivity contribution in [2.45, 2.75) is 43.3 Å². The number of aryl methyl sites for hydroxylation is 1. The summed E-state index contributed by atoms with van der Waals surface area (Å²) in [4.78, 5) is 0. The van der Waals surface area contributed by atoms with Crippen LogP contribution in [0.5, 0.6) is 5.75 Å². The number of aromatic hydroxyl groups is 1. The number of nitrogens with zero attached hydrogens (tertiary/aromatic N) is 1. The molecule has 2 aliphatic carbocycles. The highest BCUT2D eigenvalue weighted by atomic mass is 19.1. The van der Waals surface area contributed by atoms with E-state index in [0.717, 1.165) is 43.4 Å². The van der Waals surface area contributed by atoms with Crippen LogP contribution in [0.4, 0.5) is 4.39 Å². The van der Waals surface area contributed by atoms with E-state index in [-0.39, 0.29) is 17.0 Å². The van der Waals surface area contributed by atoms with E-state index in [9.17, 15) is 9.50 Å². The third-order valence-electron chi connectivity index (χ3n) is 7.04. The minimum absolute atomic E-state index is 0.100. The summed E-state index contributed by atoms with van der Waals surface area (Å²) in [6.45, 7) is 0. The number of benzene rings is 2. The molecule has 2 fully saturated rings. The van der Waals surface area contributed by atoms with Crippen LogP contribution < -0.4 is 0 Å². The Kier molecular flexibility index (Phi) is 3.43. The van der Waals surface area contributed by atoms with Crippen molar-refractivity contribution >= 4 is 6.08 Å². The van der Waals surface area contributed by atoms with E-state index in [4.69, 9.17) is 4.74 Å². The number of halogens is 1. The Balaban J connectivity index is 1.29. The first-order valence-electron chi connectivity index (χ1n) is 10.2. The summed E-state index contributed by atoms with van der Waals surface area (Å²) >= 11 is 0. The topological polar surface area (TPSA) is 37.7 Å². The summed E-state index contributed by atoms with van der Waals surface area (Å²) in [5, 5.41) is 10.1. The van der Waals surface area contributed by atoms with E-state index in [2.05, 4.69) is 22.9 Å². The Bertz CT molecular complexity index is 1150. The van der Waals surface area contributed by atoms with Gasteiger partial charge in [-0.05, 0) is 84.9 Å². The number of hydrogen-bond acceptors (Lipinski definition) is 2. The Morgan fingerprint density at radius 2 is 1.90 bits per heavy atom. The van der Waals surface area contributed by atoms with Gasteiger partial charge in [-0.2, -0.15) is 0 Å². The van der Waals surface area contributed by atoms with Crippen LogP contribution in [-0.4, -0.2) is 20.9 Å². The molecule has 3 nitrogen and oxygen atoms in total. The molecule has 2 heterocycles. The lowest BCUT2D eigenvalue weighted by atomic mass is 9.81. The predicted molar refractivity (Wildman–Crippen MR) is 110 cm³/mol. The zero-order valence-corrected chi connectivity index (χ0v) is 16.1. The quantitative estimate of drug-likeness (QED) is 0.625. The molecule has 2 atom stereocenters. The maximum absolute atomic E-state index is 13.3. The highest BCUT2D eigenvalue weighted by Gasteiger charge is 2.74. The zero-order chi connectivity index (χ0) is 19.6. The molecule has 3 aromatic rings. The molecule has 1 saturated heterocycles. The van der Waals surface area contributed by atoms with Crippen LogP contribution in [0, 0.1) is 5.82 Å². The molecule has 4 heteroatoms. The van der Waals surface area contributed by atoms with Gasteiger partial charge >= 0.3 is 0 Å². The van der Waals surface area contributed by atoms with Crippen molar-refractivity contribution in [3.8, 4) is 11.4 Å². The second-order valence-corrected chi connectivity index (χ2v) is 8.47. The number of rotatable bonds is 4. The van der Waals surface area contributed by atoms with Gasteiger partial charge in [0, 0.05) is 24.0 Å². The molecule has 6 rings (SSSR count). The maximum Gasteiger partial charge on any atom is 0.123 e. The summed E-state index contributed by atoms with van der Waals surface area (Å²) < 4.78 is 21.9. The van der Waals surface area contributed by atoms with Gasteiger partial charge in [-0.3, -0.25) is 0 Å². The predicted octanol–water partition coefficient (Wildman–Crippen LogP) is 5.20. The standard InChI is InChI=1S/C25H22FNO2/c26-20-5-7-21(8-6-20)27-14-11-18-16-25-19(15-22(18)27)10-13-24(25,29-25)12-9-17-3-1-2-4-23(17)28/h1-8,11,14-15,28H,9-10,12-13,16H2/t24-,25?/m0/s1. The Morgan fingerprint density at radius 1 is 1.07 bits per heavy atom. The number of phenols is 1. The number of phenolic OH excluding ortho intramolecular Hbond substituents is 1. The number of fused-ring (bicyclic) bond motifs is 1. The Labute approximate surface area is 169 Å². The Morgan fingerprint density at radius 3 is 2.72 bits per heavy atom. The average Bonchev–Trinajstić information content (AvgIpc) is 3.01. The summed E-state index contributed by atoms with van der Waals surface area (Å²) in [5.41, 5.74) is 5.54. The lowest BCUT2D eigenvalue weighted by Crippen LogP contribution is -2.27. The largest absolute Gasteiger partial charge is 0.508 e. The average molecular weight is 387 g/mol. The molecule has 1 aromatic heterocycles. The first-order valence-corrected chi connectivity index (χ1v) is 10.2. The number of hydrogen-bond donors (Lipinski definition) is 1. The van der Waals surface area contributed by atoms with Gasteiger partial charge in [-0.25, -0.2) is 4.39 Å². The van der Waals surface area contributed by atoms with Crippen LogP contribution in [0.15, 0.2) is 66.4 Å². The van der Waals surface area contributed by atoms with E-state index in [1.807, 2.05) is 30.3 Å². The molecule has 1 aliphatic heterocycles. The Hall–Kier alpha value is -2.85. The van der Waals surface area contributed by atoms with E-state index in [1.165, 1.54) is 29.0 Å². The lowest BCUT2D eigenvalue weighted by molar-refractivity contribution is 0.234. The van der Waals surface area contributed by atoms with E-state index < -0.39 is 0 Å². The van der Waals surface area contributed by atoms with Gasteiger partial charge in [0.2, 0.25) is 0 Å². The molecule has 1 spiro atoms. The van der Waals surface area contributed by atoms with Gasteiger partial charge in [0.05, 0.1) is 0 Å². The third kappa shape index (κ3) is 2.39. The normalized spacial score (nSPS) is 26.4. The fourth-order valence-electron chi connectivity index (χ4n) is 5.45. The molecule has 146 valence electrons. The first kappa shape index (κ1) is 17.0. The summed E-state index contributed by atoms with van der Waals surface area (Å²) in [6.07, 6.45) is 9.09. The van der Waals surface area contributed by atoms with Crippen molar-refractivity contribution in [1.29, 1.82) is 0 Å². The zero-order valence-electron chi connectivity index (χ0n) is 16.1. The fourth-order valence-corrected chi connectivity index (χ4v) is 5.45. The van der Waals surface area contributed by atoms with Crippen LogP contribution in [0.1, 0.15) is 36.1 Å². The molecule has 1 saturated carbocycles. The summed E-state index contributed by atoms with van der Waals surface area (Å²) in [5.74, 6) is 0.151. The second-order valence-electron chi connectivity index (χ2n) is 8.47. The van der Waals surface area contributed by atoms with Crippen LogP contribution in [-0.2, 0) is 17.6 Å². The molecule has 29 heavy (non-hydrogen) atoms. The molecular formula is C25H22FNO2. The van der Waals surface area contributed by atoms with Crippen molar-refractivity contribution in [3.05, 3.63) is 89.0 Å². The monoisotopic (exact) mass is 387 g/mol. The summed E-state index contributed by atoms with van der Waals surface area (Å²) in [7, 11) is 0. The van der Waals surface area contributed by atoms with E-state index >= 15 is 0 Å². The van der Waals surface area contributed by atoms with Gasteiger partial charge in [0.25, 0.3) is 0 Å². The van der Waals surface area contributed by atoms with Crippen LogP contribution in [0.3, 0.4) is 0 Å². The molecule has 0 amide bonds. The minimum Gasteiger partial charge on any atom is -0.508 e. The van der Waals surface area contributed by atoms with E-state index in [0.29, 0.717) is 5.75 Å². The van der Waals surface area contributed by atoms with Gasteiger partial charge in [-0.15, -0.1) is 0 Å². The maximum atomic E-state index is 13.3. The number of ether oxygens (including phenoxy) is 1. The molecule has 2 aromatic carbocycles. The van der Waals surface area contributed by atoms with Crippen LogP contribution in [0.2, 0.25) is 0 Å². The molecule has 1 N–H and O–H groups in total. The fraction of sp³-hybridized carbons (Fsp3) is 0.280. The molecular weight excluding hydrogens is 365 g/mol. The van der Waals surface area contributed by atoms with Crippen molar-refractivity contribution in [2.75, 3.05) is 0 Å². The smallest absolute Gasteiger partial charge is 0.123 e. The van der Waals surface area contributed by atoms with Gasteiger partial charge < -0.3 is 14.4 Å². The first-order chi connectivity index (χ1) is 14.1. The SMILES string of the molecule is Oc1ccccc1CC[C@]12CCC3=Cc4c(ccn4-c4ccc(F)cc4)CC31O2. The molecule has 0 radical (unpaired) electrons. The second kappa shape index (κ2) is 5.83. The van der Waals surface area contributed by atoms with E-state index in [1.54, 1.807) is 6.07 Å². The van der Waals surface area contributed by atoms with Gasteiger partial charge in [0.15, 0.2) is 0 Å². The van der Waals surface area contributed by atoms with Crippen molar-refractivity contribution in [1.82, 2.24) is 4.57 Å². The molecule has 3 aliphatic rings. The van der Waals surface area contributed by atoms with Crippen molar-refractivity contribution in [2.24, 2.45) is 0 Å². The van der Waals surface area contributed by atoms with Crippen LogP contribution >= 0.6 is 0 Å². The molecule has 0 bridgehead atoms. The van der Waals surface area contributed by atoms with Crippen molar-refractivity contribution < 1.29 is 14.2 Å². The minimum atomic E-state index is -0.219. The van der Waals surface area contributed by atoms with Gasteiger partial charge in [0.1, 0.15) is 22.8 Å². The number of para-hydroxylation sites is 1. The number of aromatic nitrogens is 1.